The number of benzene rings is 1. The number of thiophene rings is 1. The number of guanidine groups is 1. The second-order valence-corrected chi connectivity index (χ2v) is 7.50. The molecule has 0 atom stereocenters. The molecule has 1 aromatic carbocycles. The molecule has 2 heterocycles. The number of amides is 1. The lowest BCUT2D eigenvalue weighted by atomic mass is 10.2. The third-order valence-electron chi connectivity index (χ3n) is 4.62. The summed E-state index contributed by atoms with van der Waals surface area (Å²) in [5, 5.41) is 5.53. The Hall–Kier alpha value is -2.34. The molecule has 3 rings (SSSR count). The Labute approximate surface area is 159 Å². The minimum absolute atomic E-state index is 0.226. The molecule has 2 aromatic rings. The van der Waals surface area contributed by atoms with E-state index in [1.165, 1.54) is 10.4 Å². The van der Waals surface area contributed by atoms with Crippen LogP contribution < -0.4 is 10.2 Å². The van der Waals surface area contributed by atoms with Crippen molar-refractivity contribution in [2.45, 2.75) is 25.8 Å². The SMILES string of the molecule is CN=C(NCc1ccc(N2CCCC2=O)cc1)N(C)CCc1cccs1. The van der Waals surface area contributed by atoms with Gasteiger partial charge in [-0.3, -0.25) is 9.79 Å². The molecule has 5 nitrogen and oxygen atoms in total. The topological polar surface area (TPSA) is 47.9 Å². The Kier molecular flexibility index (Phi) is 6.28. The Balaban J connectivity index is 1.50. The van der Waals surface area contributed by atoms with Crippen LogP contribution in [0.25, 0.3) is 0 Å². The van der Waals surface area contributed by atoms with E-state index in [0.29, 0.717) is 13.0 Å². The van der Waals surface area contributed by atoms with Gasteiger partial charge in [-0.25, -0.2) is 0 Å². The van der Waals surface area contributed by atoms with Gasteiger partial charge in [-0.05, 0) is 42.0 Å². The van der Waals surface area contributed by atoms with Crippen molar-refractivity contribution >= 4 is 28.9 Å². The summed E-state index contributed by atoms with van der Waals surface area (Å²) in [5.74, 6) is 1.11. The summed E-state index contributed by atoms with van der Waals surface area (Å²) in [6.45, 7) is 2.47. The maximum atomic E-state index is 11.8. The number of carbonyl (C=O) groups excluding carboxylic acids is 1. The van der Waals surface area contributed by atoms with Crippen LogP contribution in [0.1, 0.15) is 23.3 Å². The van der Waals surface area contributed by atoms with Gasteiger partial charge in [-0.2, -0.15) is 0 Å². The first-order valence-electron chi connectivity index (χ1n) is 9.01. The van der Waals surface area contributed by atoms with Gasteiger partial charge < -0.3 is 15.1 Å². The van der Waals surface area contributed by atoms with Crippen LogP contribution in [0, 0.1) is 0 Å². The summed E-state index contributed by atoms with van der Waals surface area (Å²) in [7, 11) is 3.87. The van der Waals surface area contributed by atoms with Gasteiger partial charge in [0.15, 0.2) is 5.96 Å². The highest BCUT2D eigenvalue weighted by Crippen LogP contribution is 2.21. The molecule has 0 radical (unpaired) electrons. The Morgan fingerprint density at radius 3 is 2.73 bits per heavy atom. The summed E-state index contributed by atoms with van der Waals surface area (Å²) in [6, 6.07) is 12.5. The number of likely N-dealkylation sites (N-methyl/N-ethyl adjacent to an activating group) is 1. The van der Waals surface area contributed by atoms with Crippen molar-refractivity contribution in [1.82, 2.24) is 10.2 Å². The monoisotopic (exact) mass is 370 g/mol. The van der Waals surface area contributed by atoms with Crippen LogP contribution >= 0.6 is 11.3 Å². The Bertz CT molecular complexity index is 740. The number of hydrogen-bond acceptors (Lipinski definition) is 3. The summed E-state index contributed by atoms with van der Waals surface area (Å²) < 4.78 is 0. The van der Waals surface area contributed by atoms with E-state index in [2.05, 4.69) is 51.9 Å². The molecule has 1 aliphatic rings. The number of hydrogen-bond donors (Lipinski definition) is 1. The number of nitrogens with zero attached hydrogens (tertiary/aromatic N) is 3. The van der Waals surface area contributed by atoms with E-state index in [-0.39, 0.29) is 5.91 Å². The first-order chi connectivity index (χ1) is 12.7. The average Bonchev–Trinajstić information content (AvgIpc) is 3.32. The fourth-order valence-electron chi connectivity index (χ4n) is 3.12. The molecule has 0 saturated carbocycles. The lowest BCUT2D eigenvalue weighted by Gasteiger charge is -2.22. The summed E-state index contributed by atoms with van der Waals surface area (Å²) in [4.78, 5) is 21.6. The van der Waals surface area contributed by atoms with E-state index in [1.807, 2.05) is 24.1 Å². The van der Waals surface area contributed by atoms with Crippen molar-refractivity contribution < 1.29 is 4.79 Å². The van der Waals surface area contributed by atoms with Gasteiger partial charge in [-0.15, -0.1) is 11.3 Å². The summed E-state index contributed by atoms with van der Waals surface area (Å²) in [5.41, 5.74) is 2.17. The van der Waals surface area contributed by atoms with Crippen molar-refractivity contribution in [3.8, 4) is 0 Å². The minimum atomic E-state index is 0.226. The first kappa shape index (κ1) is 18.5. The van der Waals surface area contributed by atoms with Crippen LogP contribution in [0.2, 0.25) is 0 Å². The van der Waals surface area contributed by atoms with E-state index < -0.39 is 0 Å². The van der Waals surface area contributed by atoms with E-state index in [4.69, 9.17) is 0 Å². The molecular formula is C20H26N4OS. The van der Waals surface area contributed by atoms with Crippen molar-refractivity contribution in [2.24, 2.45) is 4.99 Å². The number of nitrogens with one attached hydrogen (secondary N) is 1. The molecule has 6 heteroatoms. The minimum Gasteiger partial charge on any atom is -0.352 e. The maximum absolute atomic E-state index is 11.8. The molecule has 0 unspecified atom stereocenters. The lowest BCUT2D eigenvalue weighted by molar-refractivity contribution is -0.117. The van der Waals surface area contributed by atoms with Crippen LogP contribution in [0.4, 0.5) is 5.69 Å². The van der Waals surface area contributed by atoms with Crippen molar-refractivity contribution in [1.29, 1.82) is 0 Å². The molecule has 26 heavy (non-hydrogen) atoms. The van der Waals surface area contributed by atoms with Gasteiger partial charge in [0.05, 0.1) is 0 Å². The van der Waals surface area contributed by atoms with Crippen molar-refractivity contribution in [3.63, 3.8) is 0 Å². The Morgan fingerprint density at radius 1 is 1.31 bits per heavy atom. The van der Waals surface area contributed by atoms with Gasteiger partial charge >= 0.3 is 0 Å². The molecule has 1 fully saturated rings. The second-order valence-electron chi connectivity index (χ2n) is 6.47. The molecule has 138 valence electrons. The largest absolute Gasteiger partial charge is 0.352 e. The highest BCUT2D eigenvalue weighted by molar-refractivity contribution is 7.09. The quantitative estimate of drug-likeness (QED) is 0.628. The highest BCUT2D eigenvalue weighted by Gasteiger charge is 2.21. The molecule has 1 saturated heterocycles. The third kappa shape index (κ3) is 4.64. The number of rotatable bonds is 6. The molecule has 1 amide bonds. The molecule has 0 bridgehead atoms. The standard InChI is InChI=1S/C20H26N4OS/c1-21-20(23(2)13-11-18-5-4-14-26-18)22-15-16-7-9-17(10-8-16)24-12-3-6-19(24)25/h4-5,7-10,14H,3,6,11-13,15H2,1-2H3,(H,21,22). The maximum Gasteiger partial charge on any atom is 0.227 e. The first-order valence-corrected chi connectivity index (χ1v) is 9.89. The zero-order valence-corrected chi connectivity index (χ0v) is 16.3. The molecule has 0 aliphatic carbocycles. The van der Waals surface area contributed by atoms with E-state index >= 15 is 0 Å². The van der Waals surface area contributed by atoms with Gasteiger partial charge in [0.1, 0.15) is 0 Å². The lowest BCUT2D eigenvalue weighted by Crippen LogP contribution is -2.39. The van der Waals surface area contributed by atoms with E-state index in [9.17, 15) is 4.79 Å². The molecule has 0 spiro atoms. The highest BCUT2D eigenvalue weighted by atomic mass is 32.1. The average molecular weight is 371 g/mol. The van der Waals surface area contributed by atoms with Crippen LogP contribution in [-0.2, 0) is 17.8 Å². The third-order valence-corrected chi connectivity index (χ3v) is 5.56. The number of carbonyl (C=O) groups is 1. The van der Waals surface area contributed by atoms with Crippen LogP contribution in [-0.4, -0.2) is 44.0 Å². The molecular weight excluding hydrogens is 344 g/mol. The van der Waals surface area contributed by atoms with Gasteiger partial charge in [0, 0.05) is 50.7 Å². The zero-order chi connectivity index (χ0) is 18.4. The second kappa shape index (κ2) is 8.85. The van der Waals surface area contributed by atoms with Crippen LogP contribution in [0.5, 0.6) is 0 Å². The van der Waals surface area contributed by atoms with Crippen molar-refractivity contribution in [3.05, 3.63) is 52.2 Å². The molecule has 1 aromatic heterocycles. The van der Waals surface area contributed by atoms with Gasteiger partial charge in [-0.1, -0.05) is 18.2 Å². The smallest absolute Gasteiger partial charge is 0.227 e. The van der Waals surface area contributed by atoms with Gasteiger partial charge in [0.25, 0.3) is 0 Å². The Morgan fingerprint density at radius 2 is 2.12 bits per heavy atom. The fourth-order valence-corrected chi connectivity index (χ4v) is 3.82. The van der Waals surface area contributed by atoms with E-state index in [0.717, 1.165) is 37.6 Å². The van der Waals surface area contributed by atoms with Crippen LogP contribution in [0.3, 0.4) is 0 Å². The normalized spacial score (nSPS) is 14.8. The van der Waals surface area contributed by atoms with E-state index in [1.54, 1.807) is 11.3 Å². The van der Waals surface area contributed by atoms with Gasteiger partial charge in [0.2, 0.25) is 5.91 Å². The number of anilines is 1. The predicted molar refractivity (Wildman–Crippen MR) is 109 cm³/mol. The number of aliphatic imine (C=N–C) groups is 1. The predicted octanol–water partition coefficient (Wildman–Crippen LogP) is 3.12. The fraction of sp³-hybridized carbons (Fsp3) is 0.400. The zero-order valence-electron chi connectivity index (χ0n) is 15.4. The van der Waals surface area contributed by atoms with Crippen LogP contribution in [0.15, 0.2) is 46.8 Å². The summed E-state index contributed by atoms with van der Waals surface area (Å²) in [6.07, 6.45) is 2.64. The van der Waals surface area contributed by atoms with Crippen molar-refractivity contribution in [2.75, 3.05) is 32.1 Å². The summed E-state index contributed by atoms with van der Waals surface area (Å²) >= 11 is 1.79. The molecule has 1 aliphatic heterocycles. The molecule has 1 N–H and O–H groups in total.